The molecule has 0 fully saturated rings. The van der Waals surface area contributed by atoms with Crippen molar-refractivity contribution >= 4 is 49.0 Å². The van der Waals surface area contributed by atoms with E-state index < -0.39 is 0 Å². The first kappa shape index (κ1) is 21.9. The first-order valence-electron chi connectivity index (χ1n) is 11.3. The van der Waals surface area contributed by atoms with E-state index in [0.717, 1.165) is 87.7 Å². The fourth-order valence-corrected chi connectivity index (χ4v) is 4.16. The van der Waals surface area contributed by atoms with Crippen LogP contribution in [0.25, 0.3) is 33.1 Å². The average Bonchev–Trinajstić information content (AvgIpc) is 3.05. The van der Waals surface area contributed by atoms with Gasteiger partial charge in [0.1, 0.15) is 5.52 Å². The zero-order valence-electron chi connectivity index (χ0n) is 18.6. The summed E-state index contributed by atoms with van der Waals surface area (Å²) in [6.07, 6.45) is 5.23. The predicted octanol–water partition coefficient (Wildman–Crippen LogP) is 7.27. The molecule has 0 N–H and O–H groups in total. The van der Waals surface area contributed by atoms with Crippen LogP contribution in [-0.4, -0.2) is 27.7 Å². The quantitative estimate of drug-likeness (QED) is 0.222. The smallest absolute Gasteiger partial charge is 0.163 e. The van der Waals surface area contributed by atoms with Gasteiger partial charge >= 0.3 is 0 Å². The van der Waals surface area contributed by atoms with E-state index in [4.69, 9.17) is 19.4 Å². The number of ether oxygens (including phenoxy) is 2. The van der Waals surface area contributed by atoms with E-state index in [1.807, 2.05) is 12.1 Å². The Kier molecular flexibility index (Phi) is 6.96. The molecule has 0 unspecified atom stereocenters. The zero-order valence-corrected chi connectivity index (χ0v) is 20.2. The molecule has 0 radical (unpaired) electrons. The molecule has 164 valence electrons. The normalized spacial score (nSPS) is 11.6. The van der Waals surface area contributed by atoms with Gasteiger partial charge in [-0.3, -0.25) is 0 Å². The molecular weight excluding hydrogens is 454 g/mol. The molecule has 6 heteroatoms. The molecule has 0 aliphatic rings. The average molecular weight is 484 g/mol. The molecule has 0 saturated heterocycles. The molecule has 2 heterocycles. The molecule has 0 spiro atoms. The molecule has 4 rings (SSSR count). The number of hydrogen-bond donors (Lipinski definition) is 0. The van der Waals surface area contributed by atoms with Gasteiger partial charge in [0.15, 0.2) is 17.1 Å². The number of halogens is 1. The maximum Gasteiger partial charge on any atom is 0.163 e. The summed E-state index contributed by atoms with van der Waals surface area (Å²) in [4.78, 5) is 10.1. The van der Waals surface area contributed by atoms with Gasteiger partial charge in [0.25, 0.3) is 0 Å². The maximum absolute atomic E-state index is 6.08. The lowest BCUT2D eigenvalue weighted by Gasteiger charge is -2.14. The summed E-state index contributed by atoms with van der Waals surface area (Å²) in [5, 5.41) is 1.11. The number of unbranched alkanes of at least 4 members (excludes halogenated alkanes) is 2. The van der Waals surface area contributed by atoms with Crippen LogP contribution in [-0.2, 0) is 6.54 Å². The third-order valence-corrected chi connectivity index (χ3v) is 5.92. The van der Waals surface area contributed by atoms with Crippen molar-refractivity contribution in [1.82, 2.24) is 14.5 Å². The molecule has 0 bridgehead atoms. The summed E-state index contributed by atoms with van der Waals surface area (Å²) in [5.41, 5.74) is 4.67. The summed E-state index contributed by atoms with van der Waals surface area (Å²) >= 11 is 3.61. The largest absolute Gasteiger partial charge is 0.490 e. The molecule has 2 aromatic heterocycles. The Morgan fingerprint density at radius 3 is 2.10 bits per heavy atom. The van der Waals surface area contributed by atoms with Crippen molar-refractivity contribution in [3.8, 4) is 11.5 Å². The summed E-state index contributed by atoms with van der Waals surface area (Å²) in [6.45, 7) is 8.76. The van der Waals surface area contributed by atoms with Gasteiger partial charge in [-0.05, 0) is 37.5 Å². The Balaban J connectivity index is 1.89. The lowest BCUT2D eigenvalue weighted by Crippen LogP contribution is -2.03. The minimum Gasteiger partial charge on any atom is -0.490 e. The van der Waals surface area contributed by atoms with E-state index >= 15 is 0 Å². The van der Waals surface area contributed by atoms with Crippen molar-refractivity contribution in [2.45, 2.75) is 59.4 Å². The van der Waals surface area contributed by atoms with Crippen LogP contribution in [0.2, 0.25) is 0 Å². The number of rotatable bonds is 10. The van der Waals surface area contributed by atoms with Crippen LogP contribution >= 0.6 is 15.9 Å². The number of aromatic nitrogens is 3. The van der Waals surface area contributed by atoms with E-state index in [-0.39, 0.29) is 0 Å². The Morgan fingerprint density at radius 2 is 1.48 bits per heavy atom. The lowest BCUT2D eigenvalue weighted by molar-refractivity contribution is 0.262. The summed E-state index contributed by atoms with van der Waals surface area (Å²) in [6, 6.07) is 10.3. The van der Waals surface area contributed by atoms with Gasteiger partial charge in [0.05, 0.1) is 29.8 Å². The fraction of sp³-hybridized carbons (Fsp3) is 0.440. The molecule has 0 atom stereocenters. The SMILES string of the molecule is CCCCOc1cc2nc3c4cc(Br)ccc4n(CCC)c3nc2cc1OCCCC. The summed E-state index contributed by atoms with van der Waals surface area (Å²) in [5.74, 6) is 1.51. The highest BCUT2D eigenvalue weighted by molar-refractivity contribution is 9.10. The second-order valence-electron chi connectivity index (χ2n) is 7.90. The topological polar surface area (TPSA) is 49.2 Å². The molecule has 0 aliphatic heterocycles. The van der Waals surface area contributed by atoms with Crippen LogP contribution in [0, 0.1) is 0 Å². The second-order valence-corrected chi connectivity index (χ2v) is 8.82. The van der Waals surface area contributed by atoms with Crippen LogP contribution in [0.4, 0.5) is 0 Å². The Labute approximate surface area is 191 Å². The van der Waals surface area contributed by atoms with Crippen LogP contribution < -0.4 is 9.47 Å². The number of benzene rings is 2. The number of nitrogens with zero attached hydrogens (tertiary/aromatic N) is 3. The Hall–Kier alpha value is -2.34. The number of fused-ring (bicyclic) bond motifs is 4. The molecule has 4 aromatic rings. The summed E-state index contributed by atoms with van der Waals surface area (Å²) < 4.78 is 15.5. The zero-order chi connectivity index (χ0) is 21.8. The van der Waals surface area contributed by atoms with Crippen molar-refractivity contribution in [2.75, 3.05) is 13.2 Å². The van der Waals surface area contributed by atoms with E-state index in [9.17, 15) is 0 Å². The lowest BCUT2D eigenvalue weighted by atomic mass is 10.2. The van der Waals surface area contributed by atoms with Crippen molar-refractivity contribution < 1.29 is 9.47 Å². The number of aryl methyl sites for hydroxylation is 1. The molecule has 5 nitrogen and oxygen atoms in total. The van der Waals surface area contributed by atoms with Crippen molar-refractivity contribution in [3.63, 3.8) is 0 Å². The molecule has 0 saturated carbocycles. The molecule has 2 aromatic carbocycles. The van der Waals surface area contributed by atoms with Crippen molar-refractivity contribution in [2.24, 2.45) is 0 Å². The highest BCUT2D eigenvalue weighted by atomic mass is 79.9. The highest BCUT2D eigenvalue weighted by Gasteiger charge is 2.17. The van der Waals surface area contributed by atoms with Crippen LogP contribution in [0.3, 0.4) is 0 Å². The van der Waals surface area contributed by atoms with Crippen LogP contribution in [0.1, 0.15) is 52.9 Å². The van der Waals surface area contributed by atoms with Crippen molar-refractivity contribution in [1.29, 1.82) is 0 Å². The van der Waals surface area contributed by atoms with Gasteiger partial charge in [-0.15, -0.1) is 0 Å². The van der Waals surface area contributed by atoms with Crippen LogP contribution in [0.5, 0.6) is 11.5 Å². The van der Waals surface area contributed by atoms with E-state index in [2.05, 4.69) is 59.5 Å². The van der Waals surface area contributed by atoms with E-state index in [0.29, 0.717) is 13.2 Å². The van der Waals surface area contributed by atoms with Gasteiger partial charge in [-0.25, -0.2) is 9.97 Å². The van der Waals surface area contributed by atoms with Gasteiger partial charge in [-0.2, -0.15) is 0 Å². The minimum absolute atomic E-state index is 0.671. The molecule has 31 heavy (non-hydrogen) atoms. The van der Waals surface area contributed by atoms with Gasteiger partial charge in [0, 0.05) is 28.5 Å². The monoisotopic (exact) mass is 483 g/mol. The molecule has 0 amide bonds. The van der Waals surface area contributed by atoms with Gasteiger partial charge in [-0.1, -0.05) is 49.5 Å². The standard InChI is InChI=1S/C25H30BrN3O2/c1-4-7-12-30-22-15-19-20(16-23(22)31-13-8-5-2)28-25-24(27-19)18-14-17(26)9-10-21(18)29(25)11-6-3/h9-10,14-16H,4-8,11-13H2,1-3H3. The highest BCUT2D eigenvalue weighted by Crippen LogP contribution is 2.35. The Bertz CT molecular complexity index is 1200. The van der Waals surface area contributed by atoms with Crippen LogP contribution in [0.15, 0.2) is 34.8 Å². The molecular formula is C25H30BrN3O2. The molecule has 0 aliphatic carbocycles. The van der Waals surface area contributed by atoms with Gasteiger partial charge < -0.3 is 14.0 Å². The fourth-order valence-electron chi connectivity index (χ4n) is 3.80. The third-order valence-electron chi connectivity index (χ3n) is 5.43. The first-order chi connectivity index (χ1) is 15.2. The van der Waals surface area contributed by atoms with Gasteiger partial charge in [0.2, 0.25) is 0 Å². The maximum atomic E-state index is 6.08. The minimum atomic E-state index is 0.671. The first-order valence-corrected chi connectivity index (χ1v) is 12.1. The van der Waals surface area contributed by atoms with Crippen molar-refractivity contribution in [3.05, 3.63) is 34.8 Å². The second kappa shape index (κ2) is 9.86. The third kappa shape index (κ3) is 4.49. The van der Waals surface area contributed by atoms with E-state index in [1.165, 1.54) is 0 Å². The number of hydrogen-bond acceptors (Lipinski definition) is 4. The van der Waals surface area contributed by atoms with E-state index in [1.54, 1.807) is 0 Å². The summed E-state index contributed by atoms with van der Waals surface area (Å²) in [7, 11) is 0. The predicted molar refractivity (Wildman–Crippen MR) is 131 cm³/mol. The Morgan fingerprint density at radius 1 is 0.839 bits per heavy atom.